The van der Waals surface area contributed by atoms with Crippen molar-refractivity contribution in [2.45, 2.75) is 98.3 Å². The number of aryl methyl sites for hydroxylation is 1. The lowest BCUT2D eigenvalue weighted by Gasteiger charge is -2.29. The van der Waals surface area contributed by atoms with Crippen molar-refractivity contribution in [3.63, 3.8) is 0 Å². The van der Waals surface area contributed by atoms with Crippen LogP contribution in [-0.2, 0) is 36.3 Å². The van der Waals surface area contributed by atoms with Gasteiger partial charge in [0, 0.05) is 47.1 Å². The highest BCUT2D eigenvalue weighted by molar-refractivity contribution is 7.90. The maximum absolute atomic E-state index is 16.8. The second-order valence-corrected chi connectivity index (χ2v) is 17.7. The fourth-order valence-corrected chi connectivity index (χ4v) is 6.65. The highest BCUT2D eigenvalue weighted by Gasteiger charge is 2.35. The summed E-state index contributed by atoms with van der Waals surface area (Å²) in [6.07, 6.45) is 2.67. The highest BCUT2D eigenvalue weighted by atomic mass is 32.2. The van der Waals surface area contributed by atoms with Crippen LogP contribution in [0.25, 0.3) is 21.9 Å². The summed E-state index contributed by atoms with van der Waals surface area (Å²) in [7, 11) is -3.23. The number of nitrogens with one attached hydrogen (secondary N) is 2. The van der Waals surface area contributed by atoms with E-state index in [4.69, 9.17) is 14.2 Å². The van der Waals surface area contributed by atoms with Crippen LogP contribution in [-0.4, -0.2) is 69.6 Å². The molecular weight excluding hydrogens is 694 g/mol. The van der Waals surface area contributed by atoms with Crippen LogP contribution in [0.3, 0.4) is 0 Å². The molecule has 0 spiro atoms. The van der Waals surface area contributed by atoms with E-state index in [2.05, 4.69) is 25.7 Å². The second-order valence-electron chi connectivity index (χ2n) is 15.6. The zero-order chi connectivity index (χ0) is 38.4. The van der Waals surface area contributed by atoms with Crippen LogP contribution in [0, 0.1) is 12.7 Å². The lowest BCUT2D eigenvalue weighted by molar-refractivity contribution is 0.00837. The zero-order valence-electron chi connectivity index (χ0n) is 31.2. The van der Waals surface area contributed by atoms with Crippen LogP contribution in [0.4, 0.5) is 37.0 Å². The number of carbonyl (C=O) groups is 2. The number of nitrogens with zero attached hydrogens (tertiary/aromatic N) is 5. The van der Waals surface area contributed by atoms with Crippen LogP contribution >= 0.6 is 0 Å². The van der Waals surface area contributed by atoms with Gasteiger partial charge in [-0.3, -0.25) is 9.67 Å². The van der Waals surface area contributed by atoms with E-state index in [0.717, 1.165) is 10.6 Å². The number of hydrogen-bond donors (Lipinski definition) is 2. The predicted molar refractivity (Wildman–Crippen MR) is 197 cm³/mol. The Labute approximate surface area is 303 Å². The molecule has 0 bridgehead atoms. The molecule has 0 saturated heterocycles. The van der Waals surface area contributed by atoms with E-state index in [1.165, 1.54) is 23.3 Å². The highest BCUT2D eigenvalue weighted by Crippen LogP contribution is 2.39. The van der Waals surface area contributed by atoms with Gasteiger partial charge in [-0.15, -0.1) is 0 Å². The van der Waals surface area contributed by atoms with E-state index >= 15 is 4.39 Å². The van der Waals surface area contributed by atoms with Crippen molar-refractivity contribution in [3.05, 3.63) is 53.9 Å². The molecule has 52 heavy (non-hydrogen) atoms. The Balaban J connectivity index is 1.62. The van der Waals surface area contributed by atoms with Crippen molar-refractivity contribution in [3.8, 4) is 11.1 Å². The molecule has 4 aromatic rings. The number of pyridine rings is 2. The summed E-state index contributed by atoms with van der Waals surface area (Å²) >= 11 is 0. The van der Waals surface area contributed by atoms with Gasteiger partial charge in [-0.2, -0.15) is 10.00 Å². The first kappa shape index (κ1) is 38.4. The van der Waals surface area contributed by atoms with E-state index in [1.54, 1.807) is 66.7 Å². The number of sulfone groups is 1. The zero-order valence-corrected chi connectivity index (χ0v) is 32.0. The van der Waals surface area contributed by atoms with Gasteiger partial charge in [-0.25, -0.2) is 27.4 Å². The molecule has 0 unspecified atom stereocenters. The molecule has 3 aromatic heterocycles. The first-order chi connectivity index (χ1) is 24.0. The van der Waals surface area contributed by atoms with Gasteiger partial charge in [0.15, 0.2) is 21.5 Å². The van der Waals surface area contributed by atoms with Gasteiger partial charge in [0.25, 0.3) is 0 Å². The molecule has 0 atom stereocenters. The van der Waals surface area contributed by atoms with Crippen LogP contribution in [0.2, 0.25) is 0 Å². The average molecular weight is 740 g/mol. The smallest absolute Gasteiger partial charge is 0.424 e. The fraction of sp³-hybridized carbons (Fsp3) is 0.472. The second kappa shape index (κ2) is 14.0. The fourth-order valence-electron chi connectivity index (χ4n) is 5.40. The molecule has 0 saturated carbocycles. The molecule has 5 rings (SSSR count). The Morgan fingerprint density at radius 2 is 1.56 bits per heavy atom. The van der Waals surface area contributed by atoms with Crippen LogP contribution in [0.15, 0.2) is 36.8 Å². The molecule has 2 amide bonds. The van der Waals surface area contributed by atoms with E-state index in [-0.39, 0.29) is 35.3 Å². The number of imide groups is 1. The number of halogens is 1. The third-order valence-corrected chi connectivity index (χ3v) is 9.16. The van der Waals surface area contributed by atoms with Crippen molar-refractivity contribution < 1.29 is 36.6 Å². The summed E-state index contributed by atoms with van der Waals surface area (Å²) in [6, 6.07) is 5.11. The number of aromatic nitrogens is 4. The van der Waals surface area contributed by atoms with Crippen molar-refractivity contribution in [1.29, 1.82) is 0 Å². The third-order valence-electron chi connectivity index (χ3n) is 7.69. The summed E-state index contributed by atoms with van der Waals surface area (Å²) in [5, 5.41) is 11.6. The molecule has 1 aliphatic rings. The van der Waals surface area contributed by atoms with Gasteiger partial charge in [0.1, 0.15) is 29.6 Å². The Hall–Kier alpha value is -4.83. The SMILES string of the molecule is Cc1c(-c2cc3cc(Nc4cc5n(n4)CS(=O)(=O)CC5)ncc3c(NCOC(C)(C)C)c2F)cncc1N(C(=O)OC(C)(C)C)C(=O)OC(C)(C)C. The number of anilines is 4. The van der Waals surface area contributed by atoms with Crippen LogP contribution < -0.4 is 15.5 Å². The number of ether oxygens (including phenoxy) is 3. The molecule has 280 valence electrons. The average Bonchev–Trinajstić information content (AvgIpc) is 3.37. The quantitative estimate of drug-likeness (QED) is 0.180. The summed E-state index contributed by atoms with van der Waals surface area (Å²) in [6.45, 7) is 17.3. The number of rotatable bonds is 7. The molecule has 1 aromatic carbocycles. The molecule has 0 radical (unpaired) electrons. The van der Waals surface area contributed by atoms with Gasteiger partial charge in [0.2, 0.25) is 0 Å². The molecule has 0 fully saturated rings. The normalized spacial score (nSPS) is 14.4. The third kappa shape index (κ3) is 9.14. The van der Waals surface area contributed by atoms with E-state index in [1.807, 2.05) is 20.8 Å². The predicted octanol–water partition coefficient (Wildman–Crippen LogP) is 7.47. The monoisotopic (exact) mass is 739 g/mol. The lowest BCUT2D eigenvalue weighted by Crippen LogP contribution is -2.44. The Morgan fingerprint density at radius 1 is 0.904 bits per heavy atom. The van der Waals surface area contributed by atoms with Gasteiger partial charge >= 0.3 is 12.2 Å². The first-order valence-corrected chi connectivity index (χ1v) is 18.6. The molecule has 14 nitrogen and oxygen atoms in total. The van der Waals surface area contributed by atoms with E-state index in [9.17, 15) is 18.0 Å². The molecular formula is C36H46FN7O7S. The molecule has 2 N–H and O–H groups in total. The van der Waals surface area contributed by atoms with Gasteiger partial charge in [-0.05, 0) is 92.3 Å². The Bertz CT molecular complexity index is 2100. The molecule has 1 aliphatic heterocycles. The number of amides is 2. The van der Waals surface area contributed by atoms with Crippen molar-refractivity contribution in [2.75, 3.05) is 28.0 Å². The van der Waals surface area contributed by atoms with Crippen molar-refractivity contribution in [1.82, 2.24) is 19.7 Å². The maximum Gasteiger partial charge on any atom is 0.424 e. The van der Waals surface area contributed by atoms with Crippen molar-refractivity contribution >= 4 is 55.8 Å². The van der Waals surface area contributed by atoms with E-state index < -0.39 is 44.6 Å². The Kier molecular flexibility index (Phi) is 10.3. The minimum atomic E-state index is -3.23. The van der Waals surface area contributed by atoms with Gasteiger partial charge < -0.3 is 24.8 Å². The summed E-state index contributed by atoms with van der Waals surface area (Å²) < 4.78 is 59.5. The first-order valence-electron chi connectivity index (χ1n) is 16.8. The number of carbonyl (C=O) groups excluding carboxylic acids is 2. The maximum atomic E-state index is 16.8. The van der Waals surface area contributed by atoms with Crippen molar-refractivity contribution in [2.24, 2.45) is 0 Å². The summed E-state index contributed by atoms with van der Waals surface area (Å²) in [5.41, 5.74) is -0.692. The minimum absolute atomic E-state index is 0.0234. The van der Waals surface area contributed by atoms with Crippen LogP contribution in [0.5, 0.6) is 0 Å². The number of fused-ring (bicyclic) bond motifs is 2. The largest absolute Gasteiger partial charge is 0.443 e. The summed E-state index contributed by atoms with van der Waals surface area (Å²) in [5.74, 6) is 0.00626. The molecule has 16 heteroatoms. The standard InChI is InChI=1S/C36H46FN7O7S/c1-21-25(16-38-18-27(21)44(32(45)50-35(5,6)7)33(46)51-36(8,9)10)24-13-22-14-28(41-29-15-23-11-12-52(47,48)20-43(23)42-29)39-17-26(22)31(30(24)37)40-19-49-34(2,3)4/h13-18,40H,11-12,19-20H2,1-10H3,(H,39,41,42). The minimum Gasteiger partial charge on any atom is -0.443 e. The lowest BCUT2D eigenvalue weighted by atomic mass is 9.97. The number of hydrogen-bond acceptors (Lipinski definition) is 12. The van der Waals surface area contributed by atoms with Gasteiger partial charge in [0.05, 0.1) is 28.9 Å². The summed E-state index contributed by atoms with van der Waals surface area (Å²) in [4.78, 5) is 36.6. The number of benzene rings is 1. The molecule has 0 aliphatic carbocycles. The molecule has 4 heterocycles. The van der Waals surface area contributed by atoms with Gasteiger partial charge in [-0.1, -0.05) is 0 Å². The van der Waals surface area contributed by atoms with Crippen LogP contribution in [0.1, 0.15) is 73.6 Å². The van der Waals surface area contributed by atoms with E-state index in [0.29, 0.717) is 40.0 Å². The topological polar surface area (TPSA) is 167 Å². The Morgan fingerprint density at radius 3 is 2.17 bits per heavy atom.